The summed E-state index contributed by atoms with van der Waals surface area (Å²) in [5.41, 5.74) is 2.90. The largest absolute Gasteiger partial charge is 0.493 e. The van der Waals surface area contributed by atoms with E-state index in [2.05, 4.69) is 33.1 Å². The van der Waals surface area contributed by atoms with Crippen LogP contribution in [0.15, 0.2) is 108 Å². The van der Waals surface area contributed by atoms with Gasteiger partial charge in [-0.3, -0.25) is 28.9 Å². The van der Waals surface area contributed by atoms with Gasteiger partial charge in [0.05, 0.1) is 60.3 Å². The Labute approximate surface area is 430 Å². The lowest BCUT2D eigenvalue weighted by atomic mass is 9.84. The minimum Gasteiger partial charge on any atom is -0.493 e. The van der Waals surface area contributed by atoms with Gasteiger partial charge in [-0.15, -0.1) is 0 Å². The Morgan fingerprint density at radius 3 is 2.12 bits per heavy atom. The molecule has 4 amide bonds. The number of nitrogens with zero attached hydrogens (tertiary/aromatic N) is 2. The Bertz CT molecular complexity index is 2460. The first-order valence-corrected chi connectivity index (χ1v) is 25.0. The van der Waals surface area contributed by atoms with Crippen LogP contribution in [0.3, 0.4) is 0 Å². The van der Waals surface area contributed by atoms with Crippen LogP contribution in [0, 0.1) is 5.41 Å². The maximum absolute atomic E-state index is 14.0. The molecule has 386 valence electrons. The van der Waals surface area contributed by atoms with E-state index in [1.807, 2.05) is 55.5 Å². The van der Waals surface area contributed by atoms with Crippen molar-refractivity contribution in [1.29, 1.82) is 0 Å². The molecule has 0 saturated carbocycles. The molecule has 0 spiro atoms. The minimum absolute atomic E-state index is 0.0828. The molecule has 1 saturated heterocycles. The Morgan fingerprint density at radius 1 is 0.819 bits per heavy atom. The molecule has 4 aromatic carbocycles. The lowest BCUT2D eigenvalue weighted by Crippen LogP contribution is -2.53. The Balaban J connectivity index is 1.03. The van der Waals surface area contributed by atoms with Gasteiger partial charge < -0.3 is 44.0 Å². The number of benzene rings is 4. The molecule has 17 heteroatoms. The summed E-state index contributed by atoms with van der Waals surface area (Å²) in [6.45, 7) is 11.1. The van der Waals surface area contributed by atoms with Crippen molar-refractivity contribution >= 4 is 68.4 Å². The number of methoxy groups -OCH3 is 2. The summed E-state index contributed by atoms with van der Waals surface area (Å²) in [6.07, 6.45) is 3.68. The molecule has 0 unspecified atom stereocenters. The number of aryl methyl sites for hydroxylation is 1. The van der Waals surface area contributed by atoms with Crippen molar-refractivity contribution in [3.05, 3.63) is 125 Å². The molecule has 1 aliphatic rings. The number of hydrogen-bond acceptors (Lipinski definition) is 12. The van der Waals surface area contributed by atoms with Gasteiger partial charge in [-0.25, -0.2) is 4.79 Å². The Kier molecular flexibility index (Phi) is 22.4. The number of likely N-dealkylation sites (tertiary alicyclic amines) is 1. The maximum Gasteiger partial charge on any atom is 0.329 e. The van der Waals surface area contributed by atoms with Crippen molar-refractivity contribution in [2.45, 2.75) is 77.9 Å². The quantitative estimate of drug-likeness (QED) is 0.0239. The number of amides is 4. The van der Waals surface area contributed by atoms with E-state index in [4.69, 9.17) is 28.4 Å². The maximum atomic E-state index is 14.0. The molecule has 4 aromatic rings. The van der Waals surface area contributed by atoms with Crippen molar-refractivity contribution in [1.82, 2.24) is 10.2 Å². The number of ether oxygens (including phenoxy) is 6. The molecule has 0 radical (unpaired) electrons. The van der Waals surface area contributed by atoms with E-state index < -0.39 is 35.2 Å². The average molecular weight is 1060 g/mol. The molecule has 0 aliphatic carbocycles. The number of Topliss-reactive ketones (excluding diaryl/α,β-unsaturated/α-hetero) is 1. The molecule has 2 atom stereocenters. The van der Waals surface area contributed by atoms with Crippen LogP contribution < -0.4 is 25.0 Å². The predicted octanol–water partition coefficient (Wildman–Crippen LogP) is 8.73. The van der Waals surface area contributed by atoms with Gasteiger partial charge in [-0.05, 0) is 129 Å². The number of ketones is 1. The van der Waals surface area contributed by atoms with Crippen molar-refractivity contribution in [3.8, 4) is 11.5 Å². The number of esters is 1. The van der Waals surface area contributed by atoms with E-state index in [9.17, 15) is 28.8 Å². The third-order valence-corrected chi connectivity index (χ3v) is 12.8. The fourth-order valence-electron chi connectivity index (χ4n) is 7.78. The topological polar surface area (TPSA) is 188 Å². The monoisotopic (exact) mass is 1050 g/mol. The van der Waals surface area contributed by atoms with Crippen molar-refractivity contribution in [3.63, 3.8) is 0 Å². The average Bonchev–Trinajstić information content (AvgIpc) is 3.40. The summed E-state index contributed by atoms with van der Waals surface area (Å²) in [6, 6.07) is 25.8. The SMILES string of the molecule is C=CC(=O)N(c1ccc(Br)cc1)c1ccc(C(=O)NCCOCCOCCOCCC(=O)Nc2cccc([C@@H](CCc3ccc(OC)c(OC)c3)OC(=O)[C@@H]3CCCCN3C(=O)C(=O)C(C)(C)CC)c2)cc1. The van der Waals surface area contributed by atoms with E-state index in [0.29, 0.717) is 98.0 Å². The van der Waals surface area contributed by atoms with Crippen LogP contribution in [-0.4, -0.2) is 113 Å². The highest BCUT2D eigenvalue weighted by Crippen LogP contribution is 2.33. The summed E-state index contributed by atoms with van der Waals surface area (Å²) in [7, 11) is 3.12. The number of rotatable bonds is 28. The van der Waals surface area contributed by atoms with Gasteiger partial charge in [0.25, 0.3) is 17.7 Å². The zero-order chi connectivity index (χ0) is 52.0. The molecule has 5 rings (SSSR count). The number of halogens is 1. The van der Waals surface area contributed by atoms with Crippen LogP contribution in [0.2, 0.25) is 0 Å². The highest BCUT2D eigenvalue weighted by Gasteiger charge is 2.41. The highest BCUT2D eigenvalue weighted by molar-refractivity contribution is 9.10. The van der Waals surface area contributed by atoms with Crippen molar-refractivity contribution < 1.29 is 57.2 Å². The second-order valence-electron chi connectivity index (χ2n) is 17.6. The van der Waals surface area contributed by atoms with E-state index in [1.54, 1.807) is 70.5 Å². The molecule has 1 fully saturated rings. The second kappa shape index (κ2) is 28.6. The smallest absolute Gasteiger partial charge is 0.329 e. The summed E-state index contributed by atoms with van der Waals surface area (Å²) < 4.78 is 34.8. The van der Waals surface area contributed by atoms with Gasteiger partial charge in [0.1, 0.15) is 12.1 Å². The number of hydrogen-bond donors (Lipinski definition) is 2. The normalized spacial score (nSPS) is 13.9. The minimum atomic E-state index is -0.905. The van der Waals surface area contributed by atoms with E-state index in [0.717, 1.165) is 10.0 Å². The van der Waals surface area contributed by atoms with Crippen molar-refractivity contribution in [2.24, 2.45) is 5.41 Å². The van der Waals surface area contributed by atoms with Crippen molar-refractivity contribution in [2.75, 3.05) is 77.2 Å². The molecule has 0 bridgehead atoms. The highest BCUT2D eigenvalue weighted by atomic mass is 79.9. The van der Waals surface area contributed by atoms with Crippen LogP contribution in [0.1, 0.15) is 86.9 Å². The first-order chi connectivity index (χ1) is 34.7. The van der Waals surface area contributed by atoms with Crippen LogP contribution in [-0.2, 0) is 49.3 Å². The van der Waals surface area contributed by atoms with Gasteiger partial charge in [0.2, 0.25) is 11.7 Å². The molecular formula is C55H67BrN4O12. The van der Waals surface area contributed by atoms with E-state index in [-0.39, 0.29) is 57.1 Å². The molecule has 0 aromatic heterocycles. The van der Waals surface area contributed by atoms with Crippen LogP contribution in [0.5, 0.6) is 11.5 Å². The Hall–Kier alpha value is -6.40. The van der Waals surface area contributed by atoms with Gasteiger partial charge in [0.15, 0.2) is 11.5 Å². The fraction of sp³-hybridized carbons (Fsp3) is 0.418. The number of anilines is 3. The lowest BCUT2D eigenvalue weighted by Gasteiger charge is -2.36. The number of nitrogens with one attached hydrogen (secondary N) is 2. The molecule has 16 nitrogen and oxygen atoms in total. The zero-order valence-electron chi connectivity index (χ0n) is 41.9. The van der Waals surface area contributed by atoms with Crippen LogP contribution in [0.25, 0.3) is 0 Å². The fourth-order valence-corrected chi connectivity index (χ4v) is 8.04. The standard InChI is InChI=1S/C55H67BrN4O12/c1-7-50(62)60(44-23-19-41(56)20-24-44)43-21-17-39(18-22-43)52(64)57-28-31-70-33-35-71-34-32-69-30-27-49(61)58-42-13-11-12-40(37-42)46(25-15-38-16-26-47(67-5)48(36-38)68-6)72-54(66)45-14-9-10-29-59(45)53(65)51(63)55(3,4)8-2/h7,11-13,16-24,26,36-37,45-46H,1,8-10,14-15,25,27-35H2,2-6H3,(H,57,64)(H,58,61)/t45-,46+/m0/s1. The van der Waals surface area contributed by atoms with Gasteiger partial charge in [-0.2, -0.15) is 0 Å². The van der Waals surface area contributed by atoms with Crippen LogP contribution >= 0.6 is 15.9 Å². The summed E-state index contributed by atoms with van der Waals surface area (Å²) in [5, 5.41) is 5.73. The lowest BCUT2D eigenvalue weighted by molar-refractivity contribution is -0.164. The van der Waals surface area contributed by atoms with Gasteiger partial charge >= 0.3 is 5.97 Å². The Morgan fingerprint density at radius 2 is 1.47 bits per heavy atom. The molecule has 1 heterocycles. The molecule has 2 N–H and O–H groups in total. The summed E-state index contributed by atoms with van der Waals surface area (Å²) >= 11 is 3.41. The molecule has 1 aliphatic heterocycles. The van der Waals surface area contributed by atoms with Gasteiger partial charge in [0, 0.05) is 45.6 Å². The third-order valence-electron chi connectivity index (χ3n) is 12.3. The number of carbonyl (C=O) groups is 6. The van der Waals surface area contributed by atoms with E-state index in [1.165, 1.54) is 15.9 Å². The van der Waals surface area contributed by atoms with Gasteiger partial charge in [-0.1, -0.05) is 61.5 Å². The van der Waals surface area contributed by atoms with E-state index >= 15 is 0 Å². The first kappa shape index (κ1) is 56.5. The summed E-state index contributed by atoms with van der Waals surface area (Å²) in [5.74, 6) is -1.48. The third kappa shape index (κ3) is 16.6. The molecule has 72 heavy (non-hydrogen) atoms. The van der Waals surface area contributed by atoms with Crippen LogP contribution in [0.4, 0.5) is 17.1 Å². The second-order valence-corrected chi connectivity index (χ2v) is 18.6. The summed E-state index contributed by atoms with van der Waals surface area (Å²) in [4.78, 5) is 82.0. The predicted molar refractivity (Wildman–Crippen MR) is 278 cm³/mol. The number of piperidine rings is 1. The number of carbonyl (C=O) groups excluding carboxylic acids is 6. The molecular weight excluding hydrogens is 989 g/mol. The first-order valence-electron chi connectivity index (χ1n) is 24.2. The zero-order valence-corrected chi connectivity index (χ0v) is 43.5.